The van der Waals surface area contributed by atoms with Crippen LogP contribution in [0.5, 0.6) is 5.75 Å². The number of rotatable bonds is 2. The number of hydrogen-bond donors (Lipinski definition) is 1. The second-order valence-electron chi connectivity index (χ2n) is 4.18. The van der Waals surface area contributed by atoms with E-state index in [1.54, 1.807) is 6.92 Å². The van der Waals surface area contributed by atoms with Crippen molar-refractivity contribution in [3.05, 3.63) is 22.1 Å². The maximum atomic E-state index is 12.0. The minimum absolute atomic E-state index is 0.0913. The summed E-state index contributed by atoms with van der Waals surface area (Å²) < 4.78 is 24.3. The molecule has 16 heavy (non-hydrogen) atoms. The first kappa shape index (κ1) is 11.2. The fourth-order valence-corrected chi connectivity index (χ4v) is 2.70. The Bertz CT molecular complexity index is 596. The molecule has 2 rings (SSSR count). The maximum Gasteiger partial charge on any atom is 0.273 e. The third kappa shape index (κ3) is 1.73. The Balaban J connectivity index is 2.81. The number of aromatic nitrogens is 1. The van der Waals surface area contributed by atoms with Gasteiger partial charge in [0.2, 0.25) is 0 Å². The molecule has 1 aliphatic carbocycles. The Labute approximate surface area is 93.3 Å². The summed E-state index contributed by atoms with van der Waals surface area (Å²) in [7, 11) is -3.69. The molecule has 1 saturated carbocycles. The number of hydrogen-bond acceptors (Lipinski definition) is 4. The lowest BCUT2D eigenvalue weighted by Crippen LogP contribution is -2.26. The molecule has 0 spiro atoms. The second-order valence-corrected chi connectivity index (χ2v) is 6.13. The van der Waals surface area contributed by atoms with E-state index in [0.717, 1.165) is 19.1 Å². The van der Waals surface area contributed by atoms with Crippen molar-refractivity contribution >= 4 is 9.84 Å². The van der Waals surface area contributed by atoms with Crippen molar-refractivity contribution in [2.24, 2.45) is 0 Å². The van der Waals surface area contributed by atoms with Gasteiger partial charge in [-0.15, -0.1) is 0 Å². The third-order valence-corrected chi connectivity index (χ3v) is 3.78. The van der Waals surface area contributed by atoms with Crippen LogP contribution in [0, 0.1) is 6.92 Å². The minimum atomic E-state index is -3.69. The van der Waals surface area contributed by atoms with E-state index in [1.165, 1.54) is 10.6 Å². The molecule has 0 atom stereocenters. The molecule has 1 aromatic heterocycles. The van der Waals surface area contributed by atoms with Gasteiger partial charge in [-0.3, -0.25) is 4.79 Å². The van der Waals surface area contributed by atoms with E-state index in [0.29, 0.717) is 5.69 Å². The van der Waals surface area contributed by atoms with Crippen molar-refractivity contribution in [3.8, 4) is 5.75 Å². The molecule has 88 valence electrons. The first-order valence-corrected chi connectivity index (χ1v) is 6.86. The SMILES string of the molecule is Cc1cc(O)c(S(C)(=O)=O)c(=O)n1C1CC1. The van der Waals surface area contributed by atoms with Crippen LogP contribution in [0.25, 0.3) is 0 Å². The van der Waals surface area contributed by atoms with Crippen LogP contribution < -0.4 is 5.56 Å². The van der Waals surface area contributed by atoms with Crippen LogP contribution in [0.15, 0.2) is 15.8 Å². The number of aryl methyl sites for hydroxylation is 1. The predicted molar refractivity (Wildman–Crippen MR) is 58.5 cm³/mol. The molecular weight excluding hydrogens is 230 g/mol. The minimum Gasteiger partial charge on any atom is -0.506 e. The van der Waals surface area contributed by atoms with Gasteiger partial charge in [-0.25, -0.2) is 8.42 Å². The van der Waals surface area contributed by atoms with E-state index in [2.05, 4.69) is 0 Å². The molecule has 0 aliphatic heterocycles. The number of nitrogens with zero attached hydrogens (tertiary/aromatic N) is 1. The molecular formula is C10H13NO4S. The molecule has 1 aromatic rings. The summed E-state index contributed by atoms with van der Waals surface area (Å²) in [6.07, 6.45) is 2.69. The van der Waals surface area contributed by atoms with Gasteiger partial charge < -0.3 is 9.67 Å². The molecule has 0 aromatic carbocycles. The molecule has 6 heteroatoms. The molecule has 1 aliphatic rings. The van der Waals surface area contributed by atoms with Crippen molar-refractivity contribution in [3.63, 3.8) is 0 Å². The molecule has 1 fully saturated rings. The zero-order valence-electron chi connectivity index (χ0n) is 9.10. The fourth-order valence-electron chi connectivity index (χ4n) is 1.85. The smallest absolute Gasteiger partial charge is 0.273 e. The molecule has 5 nitrogen and oxygen atoms in total. The van der Waals surface area contributed by atoms with E-state index >= 15 is 0 Å². The summed E-state index contributed by atoms with van der Waals surface area (Å²) in [5, 5.41) is 9.54. The zero-order valence-corrected chi connectivity index (χ0v) is 9.91. The quantitative estimate of drug-likeness (QED) is 0.825. The van der Waals surface area contributed by atoms with Crippen LogP contribution >= 0.6 is 0 Å². The molecule has 0 bridgehead atoms. The molecule has 0 radical (unpaired) electrons. The van der Waals surface area contributed by atoms with E-state index in [9.17, 15) is 18.3 Å². The van der Waals surface area contributed by atoms with Crippen LogP contribution in [-0.2, 0) is 9.84 Å². The van der Waals surface area contributed by atoms with Gasteiger partial charge in [0, 0.05) is 24.1 Å². The molecule has 1 heterocycles. The summed E-state index contributed by atoms with van der Waals surface area (Å²) in [4.78, 5) is 11.5. The third-order valence-electron chi connectivity index (χ3n) is 2.65. The van der Waals surface area contributed by atoms with Crippen LogP contribution in [0.4, 0.5) is 0 Å². The molecule has 1 N–H and O–H groups in total. The van der Waals surface area contributed by atoms with Crippen LogP contribution in [0.1, 0.15) is 24.6 Å². The van der Waals surface area contributed by atoms with Crippen molar-refractivity contribution in [2.45, 2.75) is 30.7 Å². The summed E-state index contributed by atoms with van der Waals surface area (Å²) in [6.45, 7) is 1.69. The average molecular weight is 243 g/mol. The van der Waals surface area contributed by atoms with Crippen LogP contribution in [-0.4, -0.2) is 24.3 Å². The Morgan fingerprint density at radius 2 is 2.00 bits per heavy atom. The largest absolute Gasteiger partial charge is 0.506 e. The van der Waals surface area contributed by atoms with E-state index in [-0.39, 0.29) is 6.04 Å². The maximum absolute atomic E-state index is 12.0. The highest BCUT2D eigenvalue weighted by Gasteiger charge is 2.30. The Morgan fingerprint density at radius 1 is 1.44 bits per heavy atom. The van der Waals surface area contributed by atoms with Gasteiger partial charge in [-0.2, -0.15) is 0 Å². The summed E-state index contributed by atoms with van der Waals surface area (Å²) in [6, 6.07) is 1.42. The van der Waals surface area contributed by atoms with Crippen molar-refractivity contribution in [1.82, 2.24) is 4.57 Å². The summed E-state index contributed by atoms with van der Waals surface area (Å²) >= 11 is 0. The molecule has 0 saturated heterocycles. The Hall–Kier alpha value is -1.30. The van der Waals surface area contributed by atoms with Crippen molar-refractivity contribution in [1.29, 1.82) is 0 Å². The van der Waals surface area contributed by atoms with E-state index in [1.807, 2.05) is 0 Å². The molecule has 0 unspecified atom stereocenters. The van der Waals surface area contributed by atoms with Gasteiger partial charge in [-0.1, -0.05) is 0 Å². The van der Waals surface area contributed by atoms with Gasteiger partial charge >= 0.3 is 0 Å². The highest BCUT2D eigenvalue weighted by atomic mass is 32.2. The lowest BCUT2D eigenvalue weighted by Gasteiger charge is -2.11. The van der Waals surface area contributed by atoms with Crippen molar-refractivity contribution in [2.75, 3.05) is 6.26 Å². The summed E-state index contributed by atoms with van der Waals surface area (Å²) in [5.41, 5.74) is -0.0140. The number of pyridine rings is 1. The van der Waals surface area contributed by atoms with Crippen LogP contribution in [0.2, 0.25) is 0 Å². The second kappa shape index (κ2) is 3.35. The number of aromatic hydroxyl groups is 1. The average Bonchev–Trinajstić information content (AvgIpc) is 2.83. The highest BCUT2D eigenvalue weighted by molar-refractivity contribution is 7.90. The molecule has 0 amide bonds. The van der Waals surface area contributed by atoms with Gasteiger partial charge in [0.15, 0.2) is 14.7 Å². The first-order chi connectivity index (χ1) is 7.32. The lowest BCUT2D eigenvalue weighted by molar-refractivity contribution is 0.449. The monoisotopic (exact) mass is 243 g/mol. The Morgan fingerprint density at radius 3 is 2.44 bits per heavy atom. The predicted octanol–water partition coefficient (Wildman–Crippen LogP) is 0.601. The normalized spacial score (nSPS) is 16.4. The van der Waals surface area contributed by atoms with Gasteiger partial charge in [0.1, 0.15) is 5.75 Å². The van der Waals surface area contributed by atoms with E-state index in [4.69, 9.17) is 0 Å². The lowest BCUT2D eigenvalue weighted by atomic mass is 10.3. The van der Waals surface area contributed by atoms with Crippen molar-refractivity contribution < 1.29 is 13.5 Å². The van der Waals surface area contributed by atoms with E-state index < -0.39 is 26.0 Å². The van der Waals surface area contributed by atoms with Crippen LogP contribution in [0.3, 0.4) is 0 Å². The van der Waals surface area contributed by atoms with Gasteiger partial charge in [0.25, 0.3) is 5.56 Å². The topological polar surface area (TPSA) is 76.4 Å². The number of sulfone groups is 1. The standard InChI is InChI=1S/C10H13NO4S/c1-6-5-8(12)9(16(2,14)15)10(13)11(6)7-3-4-7/h5,7,12H,3-4H2,1-2H3. The first-order valence-electron chi connectivity index (χ1n) is 4.97. The van der Waals surface area contributed by atoms with Gasteiger partial charge in [0.05, 0.1) is 0 Å². The zero-order chi connectivity index (χ0) is 12.1. The summed E-state index contributed by atoms with van der Waals surface area (Å²) in [5.74, 6) is -0.457. The van der Waals surface area contributed by atoms with Gasteiger partial charge in [-0.05, 0) is 19.8 Å². The fraction of sp³-hybridized carbons (Fsp3) is 0.500. The Kier molecular flexibility index (Phi) is 2.34. The highest BCUT2D eigenvalue weighted by Crippen LogP contribution is 2.35.